The number of benzene rings is 1. The fraction of sp³-hybridized carbons (Fsp3) is 0.188. The minimum atomic E-state index is -0.330. The maximum Gasteiger partial charge on any atom is 0.211 e. The van der Waals surface area contributed by atoms with Gasteiger partial charge in [-0.25, -0.2) is 4.39 Å². The van der Waals surface area contributed by atoms with Crippen LogP contribution in [0.3, 0.4) is 0 Å². The Morgan fingerprint density at radius 2 is 2.05 bits per heavy atom. The third-order valence-electron chi connectivity index (χ3n) is 3.17. The van der Waals surface area contributed by atoms with E-state index in [1.54, 1.807) is 6.07 Å². The van der Waals surface area contributed by atoms with Gasteiger partial charge in [0, 0.05) is 22.6 Å². The van der Waals surface area contributed by atoms with Gasteiger partial charge in [0.1, 0.15) is 5.82 Å². The van der Waals surface area contributed by atoms with Gasteiger partial charge in [0.15, 0.2) is 0 Å². The first-order valence-corrected chi connectivity index (χ1v) is 6.36. The van der Waals surface area contributed by atoms with E-state index in [9.17, 15) is 9.18 Å². The summed E-state index contributed by atoms with van der Waals surface area (Å²) < 4.78 is 13.4. The Balaban J connectivity index is 2.46. The monoisotopic (exact) mass is 272 g/mol. The maximum absolute atomic E-state index is 13.4. The van der Waals surface area contributed by atoms with Gasteiger partial charge in [-0.05, 0) is 62.2 Å². The molecule has 0 aliphatic rings. The molecule has 0 saturated carbocycles. The predicted octanol–water partition coefficient (Wildman–Crippen LogP) is 3.90. The van der Waals surface area contributed by atoms with Crippen LogP contribution in [-0.4, -0.2) is 11.4 Å². The molecule has 2 N–H and O–H groups in total. The molecule has 20 heavy (non-hydrogen) atoms. The highest BCUT2D eigenvalue weighted by atomic mass is 19.1. The molecule has 4 heteroatoms. The second kappa shape index (κ2) is 5.74. The number of aromatic nitrogens is 1. The van der Waals surface area contributed by atoms with Crippen molar-refractivity contribution in [3.8, 4) is 0 Å². The van der Waals surface area contributed by atoms with E-state index in [1.807, 2.05) is 26.8 Å². The van der Waals surface area contributed by atoms with Crippen LogP contribution in [0, 0.1) is 19.7 Å². The number of amides is 1. The largest absolute Gasteiger partial charge is 0.359 e. The van der Waals surface area contributed by atoms with Gasteiger partial charge in [-0.1, -0.05) is 0 Å². The second-order valence-electron chi connectivity index (χ2n) is 4.83. The Morgan fingerprint density at radius 1 is 1.30 bits per heavy atom. The molecule has 1 aromatic carbocycles. The molecular formula is C16H17FN2O. The van der Waals surface area contributed by atoms with Gasteiger partial charge < -0.3 is 10.3 Å². The molecule has 2 aromatic rings. The number of aromatic amines is 1. The molecule has 0 bridgehead atoms. The number of carbonyl (C=O) groups is 1. The highest BCUT2D eigenvalue weighted by Crippen LogP contribution is 2.27. The number of rotatable bonds is 4. The van der Waals surface area contributed by atoms with E-state index in [0.717, 1.165) is 22.5 Å². The van der Waals surface area contributed by atoms with E-state index in [2.05, 4.69) is 16.4 Å². The minimum absolute atomic E-state index is 0.330. The molecule has 0 radical (unpaired) electrons. The highest BCUT2D eigenvalue weighted by molar-refractivity contribution is 5.88. The van der Waals surface area contributed by atoms with E-state index in [0.29, 0.717) is 17.7 Å². The zero-order valence-electron chi connectivity index (χ0n) is 11.8. The summed E-state index contributed by atoms with van der Waals surface area (Å²) in [6.45, 7) is 5.89. The topological polar surface area (TPSA) is 44.9 Å². The van der Waals surface area contributed by atoms with E-state index in [4.69, 9.17) is 0 Å². The van der Waals surface area contributed by atoms with Crippen molar-refractivity contribution < 1.29 is 9.18 Å². The first kappa shape index (κ1) is 14.1. The summed E-state index contributed by atoms with van der Waals surface area (Å²) in [7, 11) is 0. The lowest BCUT2D eigenvalue weighted by Crippen LogP contribution is -1.98. The van der Waals surface area contributed by atoms with Crippen LogP contribution in [0.15, 0.2) is 24.3 Å². The average Bonchev–Trinajstić information content (AvgIpc) is 2.70. The summed E-state index contributed by atoms with van der Waals surface area (Å²) in [5.41, 5.74) is 5.33. The number of halogens is 1. The van der Waals surface area contributed by atoms with Crippen molar-refractivity contribution in [2.75, 3.05) is 5.32 Å². The van der Waals surface area contributed by atoms with Gasteiger partial charge in [0.25, 0.3) is 0 Å². The van der Waals surface area contributed by atoms with Crippen molar-refractivity contribution in [2.24, 2.45) is 0 Å². The molecule has 3 nitrogen and oxygen atoms in total. The van der Waals surface area contributed by atoms with Crippen LogP contribution in [0.2, 0.25) is 0 Å². The van der Waals surface area contributed by atoms with Crippen molar-refractivity contribution in [3.63, 3.8) is 0 Å². The number of H-pyrrole nitrogens is 1. The molecule has 0 atom stereocenters. The molecule has 1 aromatic heterocycles. The van der Waals surface area contributed by atoms with Crippen molar-refractivity contribution in [2.45, 2.75) is 20.8 Å². The summed E-state index contributed by atoms with van der Waals surface area (Å²) in [6.07, 6.45) is 2.54. The van der Waals surface area contributed by atoms with Crippen LogP contribution in [0.5, 0.6) is 0 Å². The molecule has 1 heterocycles. The number of allylic oxidation sites excluding steroid dienone is 1. The number of carbonyl (C=O) groups excluding carboxylic acids is 1. The van der Waals surface area contributed by atoms with Gasteiger partial charge in [-0.3, -0.25) is 4.79 Å². The number of hydrogen-bond donors (Lipinski definition) is 2. The molecule has 2 rings (SSSR count). The fourth-order valence-electron chi connectivity index (χ4n) is 2.23. The van der Waals surface area contributed by atoms with Gasteiger partial charge in [0.2, 0.25) is 6.41 Å². The zero-order chi connectivity index (χ0) is 14.7. The molecule has 104 valence electrons. The van der Waals surface area contributed by atoms with Crippen LogP contribution >= 0.6 is 0 Å². The first-order chi connectivity index (χ1) is 9.51. The lowest BCUT2D eigenvalue weighted by Gasteiger charge is -2.09. The normalized spacial score (nSPS) is 11.5. The summed E-state index contributed by atoms with van der Waals surface area (Å²) >= 11 is 0. The fourth-order valence-corrected chi connectivity index (χ4v) is 2.23. The molecule has 0 saturated heterocycles. The number of anilines is 1. The van der Waals surface area contributed by atoms with E-state index in [1.165, 1.54) is 12.1 Å². The molecule has 0 aliphatic carbocycles. The van der Waals surface area contributed by atoms with Crippen molar-refractivity contribution in [1.82, 2.24) is 4.98 Å². The summed E-state index contributed by atoms with van der Waals surface area (Å²) in [6, 6.07) is 6.36. The van der Waals surface area contributed by atoms with Crippen LogP contribution in [0.25, 0.3) is 11.6 Å². The molecule has 0 spiro atoms. The smallest absolute Gasteiger partial charge is 0.211 e. The van der Waals surface area contributed by atoms with Gasteiger partial charge >= 0.3 is 0 Å². The minimum Gasteiger partial charge on any atom is -0.359 e. The lowest BCUT2D eigenvalue weighted by molar-refractivity contribution is -0.105. The van der Waals surface area contributed by atoms with Gasteiger partial charge in [-0.15, -0.1) is 0 Å². The lowest BCUT2D eigenvalue weighted by atomic mass is 10.0. The van der Waals surface area contributed by atoms with Crippen LogP contribution < -0.4 is 5.32 Å². The zero-order valence-corrected chi connectivity index (χ0v) is 11.8. The Hall–Kier alpha value is -2.36. The number of aryl methyl sites for hydroxylation is 2. The second-order valence-corrected chi connectivity index (χ2v) is 4.83. The summed E-state index contributed by atoms with van der Waals surface area (Å²) in [5, 5.41) is 2.59. The predicted molar refractivity (Wildman–Crippen MR) is 79.9 cm³/mol. The Bertz CT molecular complexity index is 671. The first-order valence-electron chi connectivity index (χ1n) is 6.36. The van der Waals surface area contributed by atoms with Crippen LogP contribution in [0.1, 0.15) is 29.4 Å². The van der Waals surface area contributed by atoms with E-state index < -0.39 is 0 Å². The molecular weight excluding hydrogens is 255 g/mol. The quantitative estimate of drug-likeness (QED) is 0.815. The molecule has 0 unspecified atom stereocenters. The van der Waals surface area contributed by atoms with Gasteiger partial charge in [0.05, 0.1) is 0 Å². The standard InChI is InChI=1S/C16H17FN2O/c1-10(7-16-11(2)6-12(3)19-16)14-8-13(17)4-5-15(14)18-9-20/h4-9,19H,1-3H3,(H,18,20)/b10-7+. The Labute approximate surface area is 117 Å². The molecule has 0 aliphatic heterocycles. The number of hydrogen-bond acceptors (Lipinski definition) is 1. The van der Waals surface area contributed by atoms with Crippen molar-refractivity contribution in [3.05, 3.63) is 52.6 Å². The summed E-state index contributed by atoms with van der Waals surface area (Å²) in [4.78, 5) is 13.9. The van der Waals surface area contributed by atoms with E-state index in [-0.39, 0.29) is 5.82 Å². The van der Waals surface area contributed by atoms with Crippen LogP contribution in [0.4, 0.5) is 10.1 Å². The molecule has 1 amide bonds. The third-order valence-corrected chi connectivity index (χ3v) is 3.17. The highest BCUT2D eigenvalue weighted by Gasteiger charge is 2.07. The average molecular weight is 272 g/mol. The van der Waals surface area contributed by atoms with Crippen molar-refractivity contribution in [1.29, 1.82) is 0 Å². The van der Waals surface area contributed by atoms with E-state index >= 15 is 0 Å². The number of nitrogens with one attached hydrogen (secondary N) is 2. The van der Waals surface area contributed by atoms with Crippen LogP contribution in [-0.2, 0) is 4.79 Å². The SMILES string of the molecule is C/C(=C\c1[nH]c(C)cc1C)c1cc(F)ccc1NC=O. The molecule has 0 fully saturated rings. The Kier molecular flexibility index (Phi) is 4.03. The maximum atomic E-state index is 13.4. The summed E-state index contributed by atoms with van der Waals surface area (Å²) in [5.74, 6) is -0.330. The van der Waals surface area contributed by atoms with Crippen molar-refractivity contribution >= 4 is 23.7 Å². The Morgan fingerprint density at radius 3 is 2.65 bits per heavy atom. The van der Waals surface area contributed by atoms with Gasteiger partial charge in [-0.2, -0.15) is 0 Å². The third kappa shape index (κ3) is 2.96.